The quantitative estimate of drug-likeness (QED) is 0.683. The van der Waals surface area contributed by atoms with E-state index in [1.165, 1.54) is 5.56 Å². The lowest BCUT2D eigenvalue weighted by atomic mass is 10.2. The summed E-state index contributed by atoms with van der Waals surface area (Å²) in [4.78, 5) is 0. The smallest absolute Gasteiger partial charge is 0.0544 e. The van der Waals surface area contributed by atoms with Crippen LogP contribution in [0.5, 0.6) is 0 Å². The summed E-state index contributed by atoms with van der Waals surface area (Å²) >= 11 is 1.75. The predicted molar refractivity (Wildman–Crippen MR) is 53.7 cm³/mol. The Balaban J connectivity index is 2.11. The zero-order valence-corrected chi connectivity index (χ0v) is 8.56. The van der Waals surface area contributed by atoms with Crippen molar-refractivity contribution < 1.29 is 4.74 Å². The Labute approximate surface area is 78.4 Å². The Hall–Kier alpha value is -0.340. The molecular weight excluding hydrogens is 168 g/mol. The fraction of sp³-hybridized carbons (Fsp3) is 0.600. The van der Waals surface area contributed by atoms with Crippen LogP contribution in [0.3, 0.4) is 0 Å². The molecule has 0 aliphatic heterocycles. The van der Waals surface area contributed by atoms with E-state index in [0.717, 1.165) is 19.4 Å². The van der Waals surface area contributed by atoms with E-state index in [4.69, 9.17) is 4.74 Å². The van der Waals surface area contributed by atoms with Gasteiger partial charge < -0.3 is 4.74 Å². The van der Waals surface area contributed by atoms with Gasteiger partial charge in [0.15, 0.2) is 0 Å². The Morgan fingerprint density at radius 3 is 3.00 bits per heavy atom. The van der Waals surface area contributed by atoms with E-state index in [1.807, 2.05) is 0 Å². The average Bonchev–Trinajstić information content (AvgIpc) is 2.57. The van der Waals surface area contributed by atoms with Crippen molar-refractivity contribution in [3.63, 3.8) is 0 Å². The van der Waals surface area contributed by atoms with Crippen LogP contribution < -0.4 is 0 Å². The van der Waals surface area contributed by atoms with Crippen LogP contribution in [0, 0.1) is 0 Å². The molecule has 1 aromatic heterocycles. The average molecular weight is 184 g/mol. The first-order valence-electron chi connectivity index (χ1n) is 4.45. The van der Waals surface area contributed by atoms with Gasteiger partial charge in [0.1, 0.15) is 0 Å². The molecule has 1 aromatic rings. The molecule has 1 heterocycles. The summed E-state index contributed by atoms with van der Waals surface area (Å²) in [6, 6.07) is 2.16. The predicted octanol–water partition coefficient (Wildman–Crippen LogP) is 3.11. The number of ether oxygens (including phenoxy) is 1. The molecular formula is C10H16OS. The van der Waals surface area contributed by atoms with Crippen molar-refractivity contribution in [1.82, 2.24) is 0 Å². The van der Waals surface area contributed by atoms with Crippen LogP contribution in [0.4, 0.5) is 0 Å². The lowest BCUT2D eigenvalue weighted by Crippen LogP contribution is -2.08. The van der Waals surface area contributed by atoms with Gasteiger partial charge in [-0.25, -0.2) is 0 Å². The zero-order chi connectivity index (χ0) is 8.81. The number of hydrogen-bond acceptors (Lipinski definition) is 2. The van der Waals surface area contributed by atoms with Gasteiger partial charge in [-0.1, -0.05) is 6.92 Å². The van der Waals surface area contributed by atoms with Crippen LogP contribution in [0.25, 0.3) is 0 Å². The van der Waals surface area contributed by atoms with Crippen molar-refractivity contribution in [3.8, 4) is 0 Å². The number of hydrogen-bond donors (Lipinski definition) is 0. The molecule has 0 radical (unpaired) electrons. The molecule has 0 amide bonds. The van der Waals surface area contributed by atoms with Gasteiger partial charge in [0, 0.05) is 0 Å². The van der Waals surface area contributed by atoms with Crippen molar-refractivity contribution in [3.05, 3.63) is 22.4 Å². The van der Waals surface area contributed by atoms with E-state index in [9.17, 15) is 0 Å². The molecule has 1 atom stereocenters. The third kappa shape index (κ3) is 3.37. The van der Waals surface area contributed by atoms with Crippen LogP contribution in [0.15, 0.2) is 16.8 Å². The van der Waals surface area contributed by atoms with Gasteiger partial charge >= 0.3 is 0 Å². The first-order chi connectivity index (χ1) is 5.83. The number of thiophene rings is 1. The fourth-order valence-electron chi connectivity index (χ4n) is 0.931. The zero-order valence-electron chi connectivity index (χ0n) is 7.75. The van der Waals surface area contributed by atoms with Crippen molar-refractivity contribution >= 4 is 11.3 Å². The van der Waals surface area contributed by atoms with Crippen LogP contribution in [-0.2, 0) is 11.2 Å². The van der Waals surface area contributed by atoms with E-state index >= 15 is 0 Å². The molecule has 68 valence electrons. The van der Waals surface area contributed by atoms with Gasteiger partial charge in [0.25, 0.3) is 0 Å². The van der Waals surface area contributed by atoms with Crippen LogP contribution in [-0.4, -0.2) is 12.7 Å². The minimum absolute atomic E-state index is 0.406. The van der Waals surface area contributed by atoms with Crippen LogP contribution >= 0.6 is 11.3 Å². The second-order valence-corrected chi connectivity index (χ2v) is 3.75. The third-order valence-corrected chi connectivity index (χ3v) is 2.68. The summed E-state index contributed by atoms with van der Waals surface area (Å²) in [5, 5.41) is 4.29. The molecule has 0 spiro atoms. The van der Waals surface area contributed by atoms with Gasteiger partial charge in [-0.15, -0.1) is 0 Å². The van der Waals surface area contributed by atoms with Gasteiger partial charge in [0.05, 0.1) is 12.7 Å². The van der Waals surface area contributed by atoms with E-state index in [-0.39, 0.29) is 0 Å². The Kier molecular flexibility index (Phi) is 4.33. The Morgan fingerprint density at radius 1 is 1.58 bits per heavy atom. The van der Waals surface area contributed by atoms with E-state index < -0.39 is 0 Å². The molecule has 0 unspecified atom stereocenters. The maximum absolute atomic E-state index is 5.57. The van der Waals surface area contributed by atoms with Crippen molar-refractivity contribution in [2.45, 2.75) is 32.8 Å². The molecule has 0 saturated carbocycles. The molecule has 0 N–H and O–H groups in total. The highest BCUT2D eigenvalue weighted by Gasteiger charge is 1.98. The lowest BCUT2D eigenvalue weighted by Gasteiger charge is -2.09. The monoisotopic (exact) mass is 184 g/mol. The highest BCUT2D eigenvalue weighted by atomic mass is 32.1. The molecule has 0 aliphatic carbocycles. The minimum atomic E-state index is 0.406. The molecule has 2 heteroatoms. The van der Waals surface area contributed by atoms with E-state index in [2.05, 4.69) is 30.7 Å². The third-order valence-electron chi connectivity index (χ3n) is 1.95. The first kappa shape index (κ1) is 9.75. The van der Waals surface area contributed by atoms with Gasteiger partial charge in [0.2, 0.25) is 0 Å². The Morgan fingerprint density at radius 2 is 2.42 bits per heavy atom. The van der Waals surface area contributed by atoms with Gasteiger partial charge in [-0.3, -0.25) is 0 Å². The molecule has 12 heavy (non-hydrogen) atoms. The topological polar surface area (TPSA) is 9.23 Å². The molecule has 0 aliphatic rings. The second kappa shape index (κ2) is 5.33. The van der Waals surface area contributed by atoms with Crippen molar-refractivity contribution in [1.29, 1.82) is 0 Å². The summed E-state index contributed by atoms with van der Waals surface area (Å²) in [7, 11) is 0. The molecule has 0 aromatic carbocycles. The number of rotatable bonds is 5. The summed E-state index contributed by atoms with van der Waals surface area (Å²) in [6.45, 7) is 5.12. The largest absolute Gasteiger partial charge is 0.378 e. The fourth-order valence-corrected chi connectivity index (χ4v) is 1.63. The van der Waals surface area contributed by atoms with Crippen molar-refractivity contribution in [2.24, 2.45) is 0 Å². The standard InChI is InChI=1S/C10H16OS/c1-3-9(2)11-6-4-10-5-7-12-8-10/h5,7-9H,3-4,6H2,1-2H3/t9-/m0/s1. The maximum Gasteiger partial charge on any atom is 0.0544 e. The van der Waals surface area contributed by atoms with Crippen LogP contribution in [0.2, 0.25) is 0 Å². The maximum atomic E-state index is 5.57. The van der Waals surface area contributed by atoms with Gasteiger partial charge in [-0.05, 0) is 42.2 Å². The molecule has 0 fully saturated rings. The molecule has 0 bridgehead atoms. The summed E-state index contributed by atoms with van der Waals surface area (Å²) in [5.74, 6) is 0. The normalized spacial score (nSPS) is 13.2. The summed E-state index contributed by atoms with van der Waals surface area (Å²) < 4.78 is 5.57. The summed E-state index contributed by atoms with van der Waals surface area (Å²) in [6.07, 6.45) is 2.56. The first-order valence-corrected chi connectivity index (χ1v) is 5.40. The molecule has 0 saturated heterocycles. The van der Waals surface area contributed by atoms with E-state index in [1.54, 1.807) is 11.3 Å². The molecule has 1 nitrogen and oxygen atoms in total. The highest BCUT2D eigenvalue weighted by Crippen LogP contribution is 2.07. The van der Waals surface area contributed by atoms with Crippen LogP contribution in [0.1, 0.15) is 25.8 Å². The summed E-state index contributed by atoms with van der Waals surface area (Å²) in [5.41, 5.74) is 1.39. The lowest BCUT2D eigenvalue weighted by molar-refractivity contribution is 0.0660. The highest BCUT2D eigenvalue weighted by molar-refractivity contribution is 7.07. The Bertz CT molecular complexity index is 194. The van der Waals surface area contributed by atoms with Gasteiger partial charge in [-0.2, -0.15) is 11.3 Å². The van der Waals surface area contributed by atoms with E-state index in [0.29, 0.717) is 6.10 Å². The second-order valence-electron chi connectivity index (χ2n) is 2.97. The molecule has 1 rings (SSSR count). The van der Waals surface area contributed by atoms with Crippen molar-refractivity contribution in [2.75, 3.05) is 6.61 Å². The minimum Gasteiger partial charge on any atom is -0.378 e. The SMILES string of the molecule is CC[C@H](C)OCCc1ccsc1.